The number of fused-ring (bicyclic) bond motifs is 1. The third-order valence-corrected chi connectivity index (χ3v) is 6.26. The molecule has 1 saturated carbocycles. The van der Waals surface area contributed by atoms with Crippen LogP contribution in [-0.4, -0.2) is 38.0 Å². The number of anilines is 1. The number of benzene rings is 1. The number of hydrogen-bond donors (Lipinski definition) is 4. The SMILES string of the molecule is CC(C)C1CC(Nc2nc[nH]c(=O)c2-c2nc3ccccc3s2)C(NO)C1=O. The third kappa shape index (κ3) is 3.21. The number of nitrogens with one attached hydrogen (secondary N) is 3. The highest BCUT2D eigenvalue weighted by Crippen LogP contribution is 2.34. The smallest absolute Gasteiger partial charge is 0.263 e. The van der Waals surface area contributed by atoms with Crippen LogP contribution in [0, 0.1) is 11.8 Å². The van der Waals surface area contributed by atoms with E-state index in [-0.39, 0.29) is 29.2 Å². The van der Waals surface area contributed by atoms with Crippen molar-refractivity contribution in [1.82, 2.24) is 20.4 Å². The molecule has 0 bridgehead atoms. The van der Waals surface area contributed by atoms with Crippen LogP contribution in [-0.2, 0) is 4.79 Å². The average molecular weight is 399 g/mol. The number of H-pyrrole nitrogens is 1. The van der Waals surface area contributed by atoms with Crippen LogP contribution in [0.25, 0.3) is 20.8 Å². The Morgan fingerprint density at radius 2 is 2.07 bits per heavy atom. The average Bonchev–Trinajstić information content (AvgIpc) is 3.22. The Morgan fingerprint density at radius 1 is 1.29 bits per heavy atom. The molecule has 3 unspecified atom stereocenters. The molecule has 1 fully saturated rings. The molecule has 4 N–H and O–H groups in total. The van der Waals surface area contributed by atoms with Crippen LogP contribution in [0.5, 0.6) is 0 Å². The highest BCUT2D eigenvalue weighted by atomic mass is 32.1. The molecule has 2 aromatic heterocycles. The van der Waals surface area contributed by atoms with Gasteiger partial charge >= 0.3 is 0 Å². The zero-order valence-electron chi connectivity index (χ0n) is 15.5. The van der Waals surface area contributed by atoms with E-state index in [0.29, 0.717) is 22.8 Å². The molecule has 1 aromatic carbocycles. The van der Waals surface area contributed by atoms with Crippen molar-refractivity contribution in [3.63, 3.8) is 0 Å². The highest BCUT2D eigenvalue weighted by Gasteiger charge is 2.43. The Labute approximate surface area is 165 Å². The number of nitrogens with zero attached hydrogens (tertiary/aromatic N) is 2. The fraction of sp³-hybridized carbons (Fsp3) is 0.368. The lowest BCUT2D eigenvalue weighted by molar-refractivity contribution is -0.125. The Hall–Kier alpha value is -2.62. The molecule has 2 heterocycles. The van der Waals surface area contributed by atoms with Gasteiger partial charge < -0.3 is 15.5 Å². The van der Waals surface area contributed by atoms with E-state index < -0.39 is 6.04 Å². The zero-order chi connectivity index (χ0) is 19.8. The molecule has 8 nitrogen and oxygen atoms in total. The van der Waals surface area contributed by atoms with Crippen LogP contribution < -0.4 is 16.4 Å². The van der Waals surface area contributed by atoms with Crippen LogP contribution in [0.1, 0.15) is 20.3 Å². The maximum absolute atomic E-state index is 12.6. The monoisotopic (exact) mass is 399 g/mol. The largest absolute Gasteiger partial charge is 0.364 e. The first-order valence-corrected chi connectivity index (χ1v) is 9.94. The van der Waals surface area contributed by atoms with Gasteiger partial charge in [0, 0.05) is 5.92 Å². The zero-order valence-corrected chi connectivity index (χ0v) is 16.3. The van der Waals surface area contributed by atoms with Crippen LogP contribution >= 0.6 is 11.3 Å². The molecule has 0 amide bonds. The summed E-state index contributed by atoms with van der Waals surface area (Å²) in [5.74, 6) is 0.299. The molecule has 0 saturated heterocycles. The van der Waals surface area contributed by atoms with E-state index in [9.17, 15) is 14.8 Å². The summed E-state index contributed by atoms with van der Waals surface area (Å²) >= 11 is 1.41. The van der Waals surface area contributed by atoms with Gasteiger partial charge in [-0.25, -0.2) is 9.97 Å². The van der Waals surface area contributed by atoms with Gasteiger partial charge in [-0.05, 0) is 24.5 Å². The third-order valence-electron chi connectivity index (χ3n) is 5.21. The predicted molar refractivity (Wildman–Crippen MR) is 108 cm³/mol. The quantitative estimate of drug-likeness (QED) is 0.486. The Kier molecular flexibility index (Phi) is 4.96. The summed E-state index contributed by atoms with van der Waals surface area (Å²) in [4.78, 5) is 36.6. The number of para-hydroxylation sites is 1. The molecule has 1 aliphatic rings. The number of aromatic nitrogens is 3. The van der Waals surface area contributed by atoms with Crippen molar-refractivity contribution in [3.8, 4) is 10.6 Å². The van der Waals surface area contributed by atoms with Crippen molar-refractivity contribution in [2.24, 2.45) is 11.8 Å². The standard InChI is InChI=1S/C19H21N5O3S/c1-9(2)10-7-12(15(24-27)16(10)25)22-17-14(18(26)21-8-20-17)19-23-11-5-3-4-6-13(11)28-19/h3-6,8-10,12,15,24,27H,7H2,1-2H3,(H2,20,21,22,26). The van der Waals surface area contributed by atoms with Crippen LogP contribution in [0.4, 0.5) is 5.82 Å². The van der Waals surface area contributed by atoms with E-state index in [1.165, 1.54) is 17.7 Å². The number of carbonyl (C=O) groups excluding carboxylic acids is 1. The molecular formula is C19H21N5O3S. The van der Waals surface area contributed by atoms with Gasteiger partial charge in [-0.1, -0.05) is 26.0 Å². The number of ketones is 1. The lowest BCUT2D eigenvalue weighted by Gasteiger charge is -2.19. The first kappa shape index (κ1) is 18.7. The number of rotatable bonds is 5. The van der Waals surface area contributed by atoms with Crippen molar-refractivity contribution < 1.29 is 10.0 Å². The van der Waals surface area contributed by atoms with E-state index in [4.69, 9.17) is 0 Å². The molecule has 0 radical (unpaired) electrons. The number of hydrogen-bond acceptors (Lipinski definition) is 8. The fourth-order valence-electron chi connectivity index (χ4n) is 3.71. The van der Waals surface area contributed by atoms with E-state index in [2.05, 4.69) is 25.7 Å². The van der Waals surface area contributed by atoms with E-state index in [0.717, 1.165) is 10.2 Å². The van der Waals surface area contributed by atoms with Crippen LogP contribution in [0.3, 0.4) is 0 Å². The summed E-state index contributed by atoms with van der Waals surface area (Å²) in [6.45, 7) is 3.97. The van der Waals surface area contributed by atoms with E-state index in [1.54, 1.807) is 0 Å². The Bertz CT molecular complexity index is 1040. The van der Waals surface area contributed by atoms with Crippen molar-refractivity contribution >= 4 is 33.2 Å². The van der Waals surface area contributed by atoms with Gasteiger partial charge in [0.15, 0.2) is 5.78 Å². The summed E-state index contributed by atoms with van der Waals surface area (Å²) in [6, 6.07) is 6.52. The van der Waals surface area contributed by atoms with Crippen molar-refractivity contribution in [2.75, 3.05) is 5.32 Å². The first-order valence-electron chi connectivity index (χ1n) is 9.13. The lowest BCUT2D eigenvalue weighted by atomic mass is 9.93. The van der Waals surface area contributed by atoms with Gasteiger partial charge in [-0.2, -0.15) is 5.48 Å². The lowest BCUT2D eigenvalue weighted by Crippen LogP contribution is -2.43. The summed E-state index contributed by atoms with van der Waals surface area (Å²) < 4.78 is 0.970. The molecule has 28 heavy (non-hydrogen) atoms. The maximum atomic E-state index is 12.6. The molecule has 146 valence electrons. The molecule has 0 aliphatic heterocycles. The van der Waals surface area contributed by atoms with Gasteiger partial charge in [0.2, 0.25) is 0 Å². The second-order valence-electron chi connectivity index (χ2n) is 7.29. The minimum Gasteiger partial charge on any atom is -0.364 e. The Balaban J connectivity index is 1.72. The molecule has 3 atom stereocenters. The molecule has 4 rings (SSSR count). The van der Waals surface area contributed by atoms with Crippen LogP contribution in [0.2, 0.25) is 0 Å². The second kappa shape index (κ2) is 7.42. The number of aromatic amines is 1. The molecule has 3 aromatic rings. The highest BCUT2D eigenvalue weighted by molar-refractivity contribution is 7.21. The number of carbonyl (C=O) groups is 1. The van der Waals surface area contributed by atoms with Gasteiger partial charge in [0.25, 0.3) is 5.56 Å². The number of Topliss-reactive ketones (excluding diaryl/α,β-unsaturated/α-hetero) is 1. The van der Waals surface area contributed by atoms with E-state index >= 15 is 0 Å². The maximum Gasteiger partial charge on any atom is 0.263 e. The van der Waals surface area contributed by atoms with Gasteiger partial charge in [-0.15, -0.1) is 11.3 Å². The Morgan fingerprint density at radius 3 is 2.79 bits per heavy atom. The minimum atomic E-state index is -0.753. The predicted octanol–water partition coefficient (Wildman–Crippen LogP) is 2.42. The van der Waals surface area contributed by atoms with Crippen LogP contribution in [0.15, 0.2) is 35.4 Å². The number of thiazole rings is 1. The van der Waals surface area contributed by atoms with Crippen molar-refractivity contribution in [3.05, 3.63) is 40.9 Å². The van der Waals surface area contributed by atoms with Crippen molar-refractivity contribution in [1.29, 1.82) is 0 Å². The fourth-order valence-corrected chi connectivity index (χ4v) is 4.72. The van der Waals surface area contributed by atoms with Gasteiger partial charge in [0.1, 0.15) is 22.4 Å². The number of hydroxylamine groups is 1. The molecular weight excluding hydrogens is 378 g/mol. The summed E-state index contributed by atoms with van der Waals surface area (Å²) in [5.41, 5.74) is 2.96. The minimum absolute atomic E-state index is 0.0404. The van der Waals surface area contributed by atoms with E-state index in [1.807, 2.05) is 38.1 Å². The second-order valence-corrected chi connectivity index (χ2v) is 8.32. The molecule has 9 heteroatoms. The topological polar surface area (TPSA) is 120 Å². The first-order chi connectivity index (χ1) is 13.5. The molecule has 1 aliphatic carbocycles. The van der Waals surface area contributed by atoms with Gasteiger partial charge in [0.05, 0.1) is 22.6 Å². The summed E-state index contributed by atoms with van der Waals surface area (Å²) in [6.07, 6.45) is 1.86. The summed E-state index contributed by atoms with van der Waals surface area (Å²) in [5, 5.41) is 13.3. The normalized spacial score (nSPS) is 22.3. The summed E-state index contributed by atoms with van der Waals surface area (Å²) in [7, 11) is 0. The van der Waals surface area contributed by atoms with Gasteiger partial charge in [-0.3, -0.25) is 9.59 Å². The van der Waals surface area contributed by atoms with Crippen molar-refractivity contribution in [2.45, 2.75) is 32.4 Å². The molecule has 0 spiro atoms.